The Bertz CT molecular complexity index is 808. The van der Waals surface area contributed by atoms with Crippen LogP contribution in [0.15, 0.2) is 42.5 Å². The predicted octanol–water partition coefficient (Wildman–Crippen LogP) is 3.04. The lowest BCUT2D eigenvalue weighted by molar-refractivity contribution is -0.384. The lowest BCUT2D eigenvalue weighted by Crippen LogP contribution is -2.34. The van der Waals surface area contributed by atoms with Gasteiger partial charge in [0.05, 0.1) is 17.6 Å². The number of non-ortho nitro benzene ring substituents is 1. The van der Waals surface area contributed by atoms with Crippen molar-refractivity contribution in [3.8, 4) is 5.75 Å². The highest BCUT2D eigenvalue weighted by Crippen LogP contribution is 2.23. The van der Waals surface area contributed by atoms with Crippen molar-refractivity contribution in [2.45, 2.75) is 6.92 Å². The molecule has 0 heterocycles. The van der Waals surface area contributed by atoms with Crippen LogP contribution in [0.2, 0.25) is 0 Å². The van der Waals surface area contributed by atoms with Gasteiger partial charge in [0, 0.05) is 17.8 Å². The Morgan fingerprint density at radius 2 is 1.96 bits per heavy atom. The number of rotatable bonds is 4. The van der Waals surface area contributed by atoms with Crippen molar-refractivity contribution in [3.05, 3.63) is 63.7 Å². The summed E-state index contributed by atoms with van der Waals surface area (Å²) in [5.41, 5.74) is 1.50. The molecule has 0 radical (unpaired) electrons. The van der Waals surface area contributed by atoms with Crippen molar-refractivity contribution >= 4 is 34.6 Å². The Hall–Kier alpha value is -3.00. The number of nitrogens with zero attached hydrogens (tertiary/aromatic N) is 1. The first-order valence-corrected chi connectivity index (χ1v) is 7.33. The second-order valence-electron chi connectivity index (χ2n) is 4.87. The molecule has 0 aliphatic rings. The molecule has 0 aliphatic carbocycles. The van der Waals surface area contributed by atoms with Crippen LogP contribution in [0.1, 0.15) is 15.9 Å². The maximum absolute atomic E-state index is 12.3. The van der Waals surface area contributed by atoms with Gasteiger partial charge in [-0.2, -0.15) is 0 Å². The van der Waals surface area contributed by atoms with Gasteiger partial charge in [0.2, 0.25) is 0 Å². The summed E-state index contributed by atoms with van der Waals surface area (Å²) < 4.78 is 5.24. The van der Waals surface area contributed by atoms with Crippen molar-refractivity contribution in [2.75, 3.05) is 12.4 Å². The molecule has 0 atom stereocenters. The number of amides is 1. The molecule has 0 aliphatic heterocycles. The average molecular weight is 345 g/mol. The number of thiocarbonyl (C=S) groups is 1. The van der Waals surface area contributed by atoms with Gasteiger partial charge in [-0.1, -0.05) is 18.2 Å². The first kappa shape index (κ1) is 17.4. The number of hydrogen-bond acceptors (Lipinski definition) is 5. The molecule has 2 rings (SSSR count). The molecule has 0 saturated heterocycles. The summed E-state index contributed by atoms with van der Waals surface area (Å²) in [5, 5.41) is 16.1. The number of methoxy groups -OCH3 is 1. The minimum atomic E-state index is -0.510. The van der Waals surface area contributed by atoms with Crippen LogP contribution in [-0.2, 0) is 0 Å². The second kappa shape index (κ2) is 7.51. The molecule has 0 saturated carbocycles. The summed E-state index contributed by atoms with van der Waals surface area (Å²) in [6, 6.07) is 11.0. The van der Waals surface area contributed by atoms with E-state index in [1.165, 1.54) is 25.3 Å². The van der Waals surface area contributed by atoms with Crippen LogP contribution in [0.25, 0.3) is 0 Å². The molecule has 2 aromatic rings. The van der Waals surface area contributed by atoms with Crippen LogP contribution in [0.3, 0.4) is 0 Å². The standard InChI is InChI=1S/C16H15N3O4S/c1-10-5-3-8-13(14(10)23-2)15(20)18-16(24)17-11-6-4-7-12(9-11)19(21)22/h3-9H,1-2H3,(H2,17,18,20,24). The van der Waals surface area contributed by atoms with Gasteiger partial charge in [0.15, 0.2) is 5.11 Å². The van der Waals surface area contributed by atoms with Gasteiger partial charge in [-0.3, -0.25) is 20.2 Å². The van der Waals surface area contributed by atoms with E-state index in [0.29, 0.717) is 17.0 Å². The molecule has 8 heteroatoms. The highest BCUT2D eigenvalue weighted by molar-refractivity contribution is 7.80. The van der Waals surface area contributed by atoms with E-state index in [1.807, 2.05) is 13.0 Å². The van der Waals surface area contributed by atoms with E-state index in [-0.39, 0.29) is 10.8 Å². The Balaban J connectivity index is 2.10. The maximum atomic E-state index is 12.3. The van der Waals surface area contributed by atoms with Gasteiger partial charge in [-0.15, -0.1) is 0 Å². The molecule has 2 N–H and O–H groups in total. The maximum Gasteiger partial charge on any atom is 0.271 e. The average Bonchev–Trinajstić information content (AvgIpc) is 2.54. The fourth-order valence-electron chi connectivity index (χ4n) is 2.13. The molecule has 2 aromatic carbocycles. The second-order valence-corrected chi connectivity index (χ2v) is 5.28. The normalized spacial score (nSPS) is 9.92. The van der Waals surface area contributed by atoms with Crippen molar-refractivity contribution < 1.29 is 14.5 Å². The van der Waals surface area contributed by atoms with Crippen LogP contribution in [0.5, 0.6) is 5.75 Å². The summed E-state index contributed by atoms with van der Waals surface area (Å²) in [6.07, 6.45) is 0. The third kappa shape index (κ3) is 4.05. The number of benzene rings is 2. The minimum Gasteiger partial charge on any atom is -0.496 e. The zero-order chi connectivity index (χ0) is 17.7. The number of carbonyl (C=O) groups excluding carboxylic acids is 1. The minimum absolute atomic E-state index is 0.0315. The van der Waals surface area contributed by atoms with Gasteiger partial charge in [-0.05, 0) is 36.8 Å². The van der Waals surface area contributed by atoms with E-state index >= 15 is 0 Å². The smallest absolute Gasteiger partial charge is 0.271 e. The van der Waals surface area contributed by atoms with Crippen molar-refractivity contribution in [1.29, 1.82) is 0 Å². The SMILES string of the molecule is COc1c(C)cccc1C(=O)NC(=S)Nc1cccc([N+](=O)[O-])c1. The van der Waals surface area contributed by atoms with Crippen LogP contribution < -0.4 is 15.4 Å². The molecule has 1 amide bonds. The highest BCUT2D eigenvalue weighted by Gasteiger charge is 2.15. The lowest BCUT2D eigenvalue weighted by Gasteiger charge is -2.13. The quantitative estimate of drug-likeness (QED) is 0.502. The molecule has 124 valence electrons. The van der Waals surface area contributed by atoms with Crippen LogP contribution in [-0.4, -0.2) is 23.1 Å². The molecule has 0 aromatic heterocycles. The zero-order valence-electron chi connectivity index (χ0n) is 13.0. The number of nitro groups is 1. The Morgan fingerprint density at radius 3 is 2.62 bits per heavy atom. The number of ether oxygens (including phenoxy) is 1. The monoisotopic (exact) mass is 345 g/mol. The first-order chi connectivity index (χ1) is 11.4. The molecule has 0 fully saturated rings. The Labute approximate surface area is 143 Å². The Kier molecular flexibility index (Phi) is 5.43. The molecular formula is C16H15N3O4S. The van der Waals surface area contributed by atoms with Gasteiger partial charge in [-0.25, -0.2) is 0 Å². The summed E-state index contributed by atoms with van der Waals surface area (Å²) in [4.78, 5) is 22.6. The van der Waals surface area contributed by atoms with E-state index in [1.54, 1.807) is 18.2 Å². The third-order valence-electron chi connectivity index (χ3n) is 3.20. The molecule has 0 unspecified atom stereocenters. The molecular weight excluding hydrogens is 330 g/mol. The van der Waals surface area contributed by atoms with Crippen molar-refractivity contribution in [2.24, 2.45) is 0 Å². The fourth-order valence-corrected chi connectivity index (χ4v) is 2.34. The van der Waals surface area contributed by atoms with E-state index in [2.05, 4.69) is 10.6 Å². The summed E-state index contributed by atoms with van der Waals surface area (Å²) >= 11 is 5.08. The number of para-hydroxylation sites is 1. The predicted molar refractivity (Wildman–Crippen MR) is 94.5 cm³/mol. The molecule has 24 heavy (non-hydrogen) atoms. The summed E-state index contributed by atoms with van der Waals surface area (Å²) in [7, 11) is 1.48. The van der Waals surface area contributed by atoms with E-state index in [9.17, 15) is 14.9 Å². The van der Waals surface area contributed by atoms with Crippen molar-refractivity contribution in [3.63, 3.8) is 0 Å². The van der Waals surface area contributed by atoms with Crippen LogP contribution in [0.4, 0.5) is 11.4 Å². The number of hydrogen-bond donors (Lipinski definition) is 2. The van der Waals surface area contributed by atoms with E-state index in [0.717, 1.165) is 5.56 Å². The molecule has 0 spiro atoms. The zero-order valence-corrected chi connectivity index (χ0v) is 13.8. The molecule has 7 nitrogen and oxygen atoms in total. The van der Waals surface area contributed by atoms with Crippen LogP contribution >= 0.6 is 12.2 Å². The van der Waals surface area contributed by atoms with Crippen molar-refractivity contribution in [1.82, 2.24) is 5.32 Å². The highest BCUT2D eigenvalue weighted by atomic mass is 32.1. The number of carbonyl (C=O) groups is 1. The van der Waals surface area contributed by atoms with Gasteiger partial charge < -0.3 is 10.1 Å². The summed E-state index contributed by atoms with van der Waals surface area (Å²) in [5.74, 6) is 0.0339. The number of aryl methyl sites for hydroxylation is 1. The third-order valence-corrected chi connectivity index (χ3v) is 3.41. The van der Waals surface area contributed by atoms with Gasteiger partial charge in [0.1, 0.15) is 5.75 Å². The fraction of sp³-hybridized carbons (Fsp3) is 0.125. The van der Waals surface area contributed by atoms with E-state index in [4.69, 9.17) is 17.0 Å². The Morgan fingerprint density at radius 1 is 1.25 bits per heavy atom. The van der Waals surface area contributed by atoms with E-state index < -0.39 is 10.8 Å². The largest absolute Gasteiger partial charge is 0.496 e. The summed E-state index contributed by atoms with van der Waals surface area (Å²) in [6.45, 7) is 1.83. The van der Waals surface area contributed by atoms with Gasteiger partial charge >= 0.3 is 0 Å². The topological polar surface area (TPSA) is 93.5 Å². The first-order valence-electron chi connectivity index (χ1n) is 6.92. The van der Waals surface area contributed by atoms with Crippen LogP contribution in [0, 0.1) is 17.0 Å². The number of nitro benzene ring substituents is 1. The number of anilines is 1. The molecule has 0 bridgehead atoms. The number of nitrogens with one attached hydrogen (secondary N) is 2. The van der Waals surface area contributed by atoms with Gasteiger partial charge in [0.25, 0.3) is 11.6 Å². The lowest BCUT2D eigenvalue weighted by atomic mass is 10.1.